The van der Waals surface area contributed by atoms with Gasteiger partial charge in [-0.2, -0.15) is 18.2 Å². The third kappa shape index (κ3) is 3.92. The van der Waals surface area contributed by atoms with Gasteiger partial charge in [0.2, 0.25) is 5.95 Å². The molecule has 0 saturated heterocycles. The van der Waals surface area contributed by atoms with Gasteiger partial charge in [0.15, 0.2) is 5.82 Å². The van der Waals surface area contributed by atoms with Crippen molar-refractivity contribution in [3.05, 3.63) is 51.5 Å². The van der Waals surface area contributed by atoms with Crippen LogP contribution in [0.25, 0.3) is 0 Å². The van der Waals surface area contributed by atoms with Crippen molar-refractivity contribution in [3.63, 3.8) is 0 Å². The van der Waals surface area contributed by atoms with Gasteiger partial charge in [-0.05, 0) is 47.1 Å². The third-order valence-corrected chi connectivity index (χ3v) is 4.34. The summed E-state index contributed by atoms with van der Waals surface area (Å²) in [6, 6.07) is 2.15. The second kappa shape index (κ2) is 7.01. The van der Waals surface area contributed by atoms with Crippen LogP contribution in [0.15, 0.2) is 40.6 Å². The Balaban J connectivity index is 1.87. The molecule has 2 heterocycles. The zero-order valence-corrected chi connectivity index (χ0v) is 15.4. The number of halogens is 6. The lowest BCUT2D eigenvalue weighted by Gasteiger charge is -2.23. The molecule has 0 aliphatic carbocycles. The van der Waals surface area contributed by atoms with Crippen LogP contribution < -0.4 is 15.8 Å². The Labute approximate surface area is 159 Å². The molecule has 1 aromatic heterocycles. The molecule has 1 aliphatic rings. The molecule has 0 amide bonds. The van der Waals surface area contributed by atoms with Crippen LogP contribution in [0.2, 0.25) is 5.02 Å². The first kappa shape index (κ1) is 18.9. The Morgan fingerprint density at radius 1 is 1.35 bits per heavy atom. The van der Waals surface area contributed by atoms with Crippen molar-refractivity contribution in [2.75, 3.05) is 10.3 Å². The van der Waals surface area contributed by atoms with Crippen LogP contribution in [-0.2, 0) is 0 Å². The molecule has 2 aromatic rings. The molecule has 11 heteroatoms. The topological polar surface area (TPSA) is 53.1 Å². The van der Waals surface area contributed by atoms with Crippen molar-refractivity contribution in [2.24, 2.45) is 0 Å². The molecule has 0 saturated carbocycles. The molecular formula is C15H11BrClF4N5. The van der Waals surface area contributed by atoms with Crippen molar-refractivity contribution in [1.82, 2.24) is 15.4 Å². The molecule has 1 aromatic carbocycles. The van der Waals surface area contributed by atoms with E-state index in [1.54, 1.807) is 0 Å². The summed E-state index contributed by atoms with van der Waals surface area (Å²) in [5, 5.41) is 3.96. The van der Waals surface area contributed by atoms with Gasteiger partial charge in [0, 0.05) is 17.6 Å². The van der Waals surface area contributed by atoms with Crippen LogP contribution in [0.5, 0.6) is 0 Å². The lowest BCUT2D eigenvalue weighted by Crippen LogP contribution is -2.45. The molecule has 1 atom stereocenters. The molecule has 3 rings (SSSR count). The molecule has 1 unspecified atom stereocenters. The van der Waals surface area contributed by atoms with Crippen LogP contribution in [0.4, 0.5) is 35.0 Å². The van der Waals surface area contributed by atoms with Gasteiger partial charge in [0.1, 0.15) is 11.9 Å². The second-order valence-corrected chi connectivity index (χ2v) is 6.67. The molecule has 1 aliphatic heterocycles. The van der Waals surface area contributed by atoms with Crippen LogP contribution in [0.3, 0.4) is 0 Å². The number of benzene rings is 1. The number of allylic oxidation sites excluding steroid dienone is 1. The molecule has 0 fully saturated rings. The maximum Gasteiger partial charge on any atom is 0.409 e. The summed E-state index contributed by atoms with van der Waals surface area (Å²) in [6.07, 6.45) is -1.98. The largest absolute Gasteiger partial charge is 0.409 e. The lowest BCUT2D eigenvalue weighted by atomic mass is 10.3. The zero-order chi connectivity index (χ0) is 19.1. The predicted octanol–water partition coefficient (Wildman–Crippen LogP) is 4.93. The highest BCUT2D eigenvalue weighted by atomic mass is 79.9. The van der Waals surface area contributed by atoms with E-state index in [2.05, 4.69) is 36.6 Å². The van der Waals surface area contributed by atoms with E-state index in [1.807, 2.05) is 0 Å². The first-order chi connectivity index (χ1) is 12.1. The van der Waals surface area contributed by atoms with Crippen molar-refractivity contribution < 1.29 is 17.6 Å². The number of hydrogen-bond donors (Lipinski definition) is 2. The Hall–Kier alpha value is -1.91. The van der Waals surface area contributed by atoms with Gasteiger partial charge in [-0.15, -0.1) is 0 Å². The molecule has 5 nitrogen and oxygen atoms in total. The fourth-order valence-electron chi connectivity index (χ4n) is 2.27. The maximum atomic E-state index is 13.2. The molecule has 2 N–H and O–H groups in total. The van der Waals surface area contributed by atoms with E-state index in [0.29, 0.717) is 15.9 Å². The van der Waals surface area contributed by atoms with Gasteiger partial charge in [-0.3, -0.25) is 5.01 Å². The number of alkyl halides is 3. The second-order valence-electron chi connectivity index (χ2n) is 5.41. The third-order valence-electron chi connectivity index (χ3n) is 3.49. The summed E-state index contributed by atoms with van der Waals surface area (Å²) in [6.45, 7) is 1.53. The number of hydrazine groups is 1. The minimum atomic E-state index is -4.43. The van der Waals surface area contributed by atoms with E-state index in [0.717, 1.165) is 6.08 Å². The van der Waals surface area contributed by atoms with E-state index < -0.39 is 18.0 Å². The van der Waals surface area contributed by atoms with Crippen molar-refractivity contribution in [1.29, 1.82) is 0 Å². The molecule has 26 heavy (non-hydrogen) atoms. The predicted molar refractivity (Wildman–Crippen MR) is 93.6 cm³/mol. The average molecular weight is 453 g/mol. The summed E-state index contributed by atoms with van der Waals surface area (Å²) in [5.41, 5.74) is 3.11. The molecule has 0 radical (unpaired) electrons. The quantitative estimate of drug-likeness (QED) is 0.647. The standard InChI is InChI=1S/C15H11BrClF4N5/c1-7-4-12(15(19,20)21)25-26(7)13-9(16)6-22-14(24-13)23-8-2-3-11(18)10(17)5-8/h2-6,12,25H,1H3,(H,22,23,24). The van der Waals surface area contributed by atoms with Gasteiger partial charge >= 0.3 is 6.18 Å². The van der Waals surface area contributed by atoms with Crippen LogP contribution in [0.1, 0.15) is 6.92 Å². The van der Waals surface area contributed by atoms with Crippen LogP contribution in [0, 0.1) is 5.82 Å². The van der Waals surface area contributed by atoms with Crippen molar-refractivity contribution >= 4 is 45.0 Å². The first-order valence-corrected chi connectivity index (χ1v) is 8.38. The maximum absolute atomic E-state index is 13.2. The molecule has 0 bridgehead atoms. The Morgan fingerprint density at radius 3 is 2.69 bits per heavy atom. The monoisotopic (exact) mass is 451 g/mol. The molecule has 0 spiro atoms. The minimum Gasteiger partial charge on any atom is -0.324 e. The zero-order valence-electron chi connectivity index (χ0n) is 13.1. The summed E-state index contributed by atoms with van der Waals surface area (Å²) in [5.74, 6) is -0.276. The number of rotatable bonds is 3. The molecular weight excluding hydrogens is 442 g/mol. The highest BCUT2D eigenvalue weighted by Gasteiger charge is 2.43. The highest BCUT2D eigenvalue weighted by molar-refractivity contribution is 9.10. The summed E-state index contributed by atoms with van der Waals surface area (Å²) in [7, 11) is 0. The number of nitrogens with one attached hydrogen (secondary N) is 2. The number of hydrogen-bond acceptors (Lipinski definition) is 5. The summed E-state index contributed by atoms with van der Waals surface area (Å²) < 4.78 is 52.4. The minimum absolute atomic E-state index is 0.0830. The van der Waals surface area contributed by atoms with Crippen molar-refractivity contribution in [2.45, 2.75) is 19.1 Å². The smallest absolute Gasteiger partial charge is 0.324 e. The van der Waals surface area contributed by atoms with Crippen LogP contribution >= 0.6 is 27.5 Å². The Kier molecular flexibility index (Phi) is 5.09. The van der Waals surface area contributed by atoms with E-state index in [9.17, 15) is 17.6 Å². The summed E-state index contributed by atoms with van der Waals surface area (Å²) in [4.78, 5) is 8.27. The van der Waals surface area contributed by atoms with Gasteiger partial charge in [0.25, 0.3) is 0 Å². The average Bonchev–Trinajstić information content (AvgIpc) is 2.95. The van der Waals surface area contributed by atoms with E-state index in [-0.39, 0.29) is 16.8 Å². The van der Waals surface area contributed by atoms with E-state index in [4.69, 9.17) is 11.6 Å². The van der Waals surface area contributed by atoms with Gasteiger partial charge in [-0.25, -0.2) is 14.8 Å². The van der Waals surface area contributed by atoms with Gasteiger partial charge < -0.3 is 5.32 Å². The Morgan fingerprint density at radius 2 is 2.08 bits per heavy atom. The fourth-order valence-corrected chi connectivity index (χ4v) is 2.82. The Bertz CT molecular complexity index is 874. The normalized spacial score (nSPS) is 17.4. The highest BCUT2D eigenvalue weighted by Crippen LogP contribution is 2.33. The van der Waals surface area contributed by atoms with Gasteiger partial charge in [-0.1, -0.05) is 11.6 Å². The number of aromatic nitrogens is 2. The first-order valence-electron chi connectivity index (χ1n) is 7.21. The number of anilines is 3. The SMILES string of the molecule is CC1=CC(C(F)(F)F)NN1c1nc(Nc2ccc(F)c(Cl)c2)ncc1Br. The summed E-state index contributed by atoms with van der Waals surface area (Å²) >= 11 is 8.95. The van der Waals surface area contributed by atoms with Crippen molar-refractivity contribution in [3.8, 4) is 0 Å². The lowest BCUT2D eigenvalue weighted by molar-refractivity contribution is -0.142. The molecule has 138 valence electrons. The fraction of sp³-hybridized carbons (Fsp3) is 0.200. The van der Waals surface area contributed by atoms with E-state index in [1.165, 1.54) is 36.3 Å². The van der Waals surface area contributed by atoms with E-state index >= 15 is 0 Å². The number of nitrogens with zero attached hydrogens (tertiary/aromatic N) is 3. The van der Waals surface area contributed by atoms with Crippen LogP contribution in [-0.4, -0.2) is 22.2 Å². The van der Waals surface area contributed by atoms with Gasteiger partial charge in [0.05, 0.1) is 9.50 Å².